The highest BCUT2D eigenvalue weighted by Crippen LogP contribution is 2.38. The molecule has 1 heterocycles. The maximum absolute atomic E-state index is 11.5. The van der Waals surface area contributed by atoms with Crippen LogP contribution in [0.1, 0.15) is 24.5 Å². The molecule has 94 valence electrons. The van der Waals surface area contributed by atoms with Gasteiger partial charge in [-0.05, 0) is 18.9 Å². The molecule has 0 aliphatic heterocycles. The van der Waals surface area contributed by atoms with E-state index in [1.807, 2.05) is 0 Å². The summed E-state index contributed by atoms with van der Waals surface area (Å²) in [5, 5.41) is 4.22. The normalized spacial score (nSPS) is 16.1. The van der Waals surface area contributed by atoms with Crippen LogP contribution in [-0.2, 0) is 16.6 Å². The van der Waals surface area contributed by atoms with Gasteiger partial charge in [0.1, 0.15) is 0 Å². The molecule has 0 saturated heterocycles. The molecule has 2 rings (SSSR count). The maximum Gasteiger partial charge on any atom is 0.266 e. The number of sulfonamides is 1. The van der Waals surface area contributed by atoms with Crippen molar-refractivity contribution >= 4 is 10.0 Å². The summed E-state index contributed by atoms with van der Waals surface area (Å²) in [6.07, 6.45) is 3.32. The van der Waals surface area contributed by atoms with Gasteiger partial charge in [0.15, 0.2) is 0 Å². The van der Waals surface area contributed by atoms with E-state index < -0.39 is 10.0 Å². The zero-order valence-electron chi connectivity index (χ0n) is 9.59. The van der Waals surface area contributed by atoms with Crippen molar-refractivity contribution < 1.29 is 8.42 Å². The van der Waals surface area contributed by atoms with Gasteiger partial charge >= 0.3 is 0 Å². The molecule has 17 heavy (non-hydrogen) atoms. The third kappa shape index (κ3) is 3.64. The Balaban J connectivity index is 2.04. The molecular formula is C10H15N3O3S. The molecule has 0 amide bonds. The first-order valence-electron chi connectivity index (χ1n) is 5.48. The molecule has 1 saturated carbocycles. The minimum atomic E-state index is -3.21. The van der Waals surface area contributed by atoms with E-state index >= 15 is 0 Å². The Labute approximate surface area is 99.7 Å². The van der Waals surface area contributed by atoms with Crippen molar-refractivity contribution in [1.82, 2.24) is 14.5 Å². The van der Waals surface area contributed by atoms with Crippen molar-refractivity contribution in [3.8, 4) is 0 Å². The van der Waals surface area contributed by atoms with Crippen molar-refractivity contribution in [3.63, 3.8) is 0 Å². The molecule has 0 unspecified atom stereocenters. The van der Waals surface area contributed by atoms with E-state index in [9.17, 15) is 13.2 Å². The third-order valence-electron chi connectivity index (χ3n) is 2.57. The Morgan fingerprint density at radius 2 is 2.18 bits per heavy atom. The summed E-state index contributed by atoms with van der Waals surface area (Å²) in [5.41, 5.74) is 0.716. The Bertz CT molecular complexity index is 560. The van der Waals surface area contributed by atoms with Gasteiger partial charge in [-0.3, -0.25) is 4.79 Å². The number of hydrogen-bond donors (Lipinski definition) is 1. The lowest BCUT2D eigenvalue weighted by Gasteiger charge is -2.06. The van der Waals surface area contributed by atoms with Crippen LogP contribution in [0.4, 0.5) is 0 Å². The first-order chi connectivity index (χ1) is 7.96. The van der Waals surface area contributed by atoms with Gasteiger partial charge in [-0.1, -0.05) is 0 Å². The van der Waals surface area contributed by atoms with E-state index in [1.165, 1.54) is 10.7 Å². The summed E-state index contributed by atoms with van der Waals surface area (Å²) >= 11 is 0. The average Bonchev–Trinajstić information content (AvgIpc) is 3.02. The molecule has 1 aromatic rings. The zero-order chi connectivity index (χ0) is 12.5. The second-order valence-corrected chi connectivity index (χ2v) is 6.09. The fourth-order valence-electron chi connectivity index (χ4n) is 1.56. The van der Waals surface area contributed by atoms with Crippen molar-refractivity contribution in [2.75, 3.05) is 12.8 Å². The van der Waals surface area contributed by atoms with Crippen LogP contribution in [0.5, 0.6) is 0 Å². The van der Waals surface area contributed by atoms with Crippen LogP contribution in [0.25, 0.3) is 0 Å². The number of nitrogens with zero attached hydrogens (tertiary/aromatic N) is 2. The van der Waals surface area contributed by atoms with Gasteiger partial charge in [-0.2, -0.15) is 5.10 Å². The second kappa shape index (κ2) is 4.58. The monoisotopic (exact) mass is 257 g/mol. The molecule has 0 aromatic carbocycles. The van der Waals surface area contributed by atoms with Gasteiger partial charge in [0.2, 0.25) is 10.0 Å². The highest BCUT2D eigenvalue weighted by Gasteiger charge is 2.25. The second-order valence-electron chi connectivity index (χ2n) is 4.26. The lowest BCUT2D eigenvalue weighted by molar-refractivity contribution is 0.543. The van der Waals surface area contributed by atoms with Gasteiger partial charge in [0.25, 0.3) is 5.56 Å². The van der Waals surface area contributed by atoms with E-state index in [0.29, 0.717) is 5.92 Å². The lowest BCUT2D eigenvalue weighted by Crippen LogP contribution is -2.31. The topological polar surface area (TPSA) is 81.1 Å². The Morgan fingerprint density at radius 1 is 1.47 bits per heavy atom. The number of nitrogens with one attached hydrogen (secondary N) is 1. The maximum atomic E-state index is 11.5. The van der Waals surface area contributed by atoms with E-state index in [4.69, 9.17) is 0 Å². The van der Waals surface area contributed by atoms with Gasteiger partial charge in [-0.15, -0.1) is 0 Å². The van der Waals surface area contributed by atoms with Gasteiger partial charge in [0, 0.05) is 18.5 Å². The van der Waals surface area contributed by atoms with Crippen molar-refractivity contribution in [2.45, 2.75) is 25.3 Å². The molecule has 1 aliphatic carbocycles. The first kappa shape index (κ1) is 12.3. The van der Waals surface area contributed by atoms with Crippen LogP contribution < -0.4 is 10.3 Å². The smallest absolute Gasteiger partial charge is 0.266 e. The number of rotatable bonds is 5. The Kier molecular flexibility index (Phi) is 3.30. The molecule has 0 atom stereocenters. The summed E-state index contributed by atoms with van der Waals surface area (Å²) in [5.74, 6) is 0.477. The fraction of sp³-hybridized carbons (Fsp3) is 0.600. The molecule has 7 heteroatoms. The molecule has 1 aromatic heterocycles. The standard InChI is InChI=1S/C10H15N3O3S/c1-17(15,16)11-6-7-13-10(14)5-4-9(12-13)8-2-3-8/h4-5,8,11H,2-3,6-7H2,1H3. The van der Waals surface area contributed by atoms with Crippen molar-refractivity contribution in [1.29, 1.82) is 0 Å². The molecule has 1 aliphatic rings. The number of aromatic nitrogens is 2. The molecule has 0 spiro atoms. The van der Waals surface area contributed by atoms with Crippen molar-refractivity contribution in [3.05, 3.63) is 28.2 Å². The summed E-state index contributed by atoms with van der Waals surface area (Å²) in [6, 6.07) is 3.24. The molecular weight excluding hydrogens is 242 g/mol. The fourth-order valence-corrected chi connectivity index (χ4v) is 2.02. The molecule has 0 bridgehead atoms. The summed E-state index contributed by atoms with van der Waals surface area (Å²) < 4.78 is 25.4. The lowest BCUT2D eigenvalue weighted by atomic mass is 10.3. The Morgan fingerprint density at radius 3 is 2.76 bits per heavy atom. The highest BCUT2D eigenvalue weighted by atomic mass is 32.2. The van der Waals surface area contributed by atoms with Crippen LogP contribution in [0, 0.1) is 0 Å². The Hall–Kier alpha value is -1.21. The van der Waals surface area contributed by atoms with Gasteiger partial charge < -0.3 is 0 Å². The van der Waals surface area contributed by atoms with Crippen molar-refractivity contribution in [2.24, 2.45) is 0 Å². The first-order valence-corrected chi connectivity index (χ1v) is 7.37. The minimum Gasteiger partial charge on any atom is -0.268 e. The van der Waals surface area contributed by atoms with E-state index in [2.05, 4.69) is 9.82 Å². The van der Waals surface area contributed by atoms with Crippen LogP contribution in [0.3, 0.4) is 0 Å². The van der Waals surface area contributed by atoms with E-state index in [0.717, 1.165) is 24.8 Å². The average molecular weight is 257 g/mol. The molecule has 0 radical (unpaired) electrons. The summed E-state index contributed by atoms with van der Waals surface area (Å²) in [6.45, 7) is 0.437. The van der Waals surface area contributed by atoms with Crippen LogP contribution in [0.2, 0.25) is 0 Å². The van der Waals surface area contributed by atoms with Crippen LogP contribution >= 0.6 is 0 Å². The predicted octanol–water partition coefficient (Wildman–Crippen LogP) is -0.330. The zero-order valence-corrected chi connectivity index (χ0v) is 10.4. The van der Waals surface area contributed by atoms with E-state index in [-0.39, 0.29) is 18.6 Å². The molecule has 1 fully saturated rings. The largest absolute Gasteiger partial charge is 0.268 e. The third-order valence-corrected chi connectivity index (χ3v) is 3.30. The predicted molar refractivity (Wildman–Crippen MR) is 63.3 cm³/mol. The van der Waals surface area contributed by atoms with Gasteiger partial charge in [-0.25, -0.2) is 17.8 Å². The van der Waals surface area contributed by atoms with Gasteiger partial charge in [0.05, 0.1) is 18.5 Å². The van der Waals surface area contributed by atoms with Crippen LogP contribution in [-0.4, -0.2) is 31.0 Å². The molecule has 1 N–H and O–H groups in total. The highest BCUT2D eigenvalue weighted by molar-refractivity contribution is 7.88. The summed E-state index contributed by atoms with van der Waals surface area (Å²) in [4.78, 5) is 11.5. The summed E-state index contributed by atoms with van der Waals surface area (Å²) in [7, 11) is -3.21. The SMILES string of the molecule is CS(=O)(=O)NCCn1nc(C2CC2)ccc1=O. The molecule has 6 nitrogen and oxygen atoms in total. The van der Waals surface area contributed by atoms with Crippen LogP contribution in [0.15, 0.2) is 16.9 Å². The number of hydrogen-bond acceptors (Lipinski definition) is 4. The minimum absolute atomic E-state index is 0.180. The quantitative estimate of drug-likeness (QED) is 0.783. The van der Waals surface area contributed by atoms with E-state index in [1.54, 1.807) is 6.07 Å².